The Morgan fingerprint density at radius 3 is 3.19 bits per heavy atom. The van der Waals surface area contributed by atoms with Crippen LogP contribution in [0.3, 0.4) is 0 Å². The van der Waals surface area contributed by atoms with Crippen LogP contribution >= 0.6 is 11.8 Å². The van der Waals surface area contributed by atoms with E-state index in [0.717, 1.165) is 36.6 Å². The monoisotopic (exact) mass is 306 g/mol. The van der Waals surface area contributed by atoms with Gasteiger partial charge in [0, 0.05) is 30.5 Å². The summed E-state index contributed by atoms with van der Waals surface area (Å²) < 4.78 is 5.41. The minimum atomic E-state index is 0.138. The molecule has 2 N–H and O–H groups in total. The smallest absolute Gasteiger partial charge is 0.222 e. The Hall–Kier alpha value is -1.20. The van der Waals surface area contributed by atoms with Gasteiger partial charge in [-0.15, -0.1) is 0 Å². The zero-order valence-corrected chi connectivity index (χ0v) is 13.2. The van der Waals surface area contributed by atoms with Gasteiger partial charge in [0.1, 0.15) is 5.75 Å². The van der Waals surface area contributed by atoms with Gasteiger partial charge in [0.15, 0.2) is 0 Å². The third kappa shape index (κ3) is 3.35. The molecule has 114 valence electrons. The summed E-state index contributed by atoms with van der Waals surface area (Å²) in [4.78, 5) is 12.2. The van der Waals surface area contributed by atoms with Gasteiger partial charge in [-0.3, -0.25) is 4.79 Å². The standard InChI is InChI=1S/C16H22N2O2S/c1-20-15-4-2-3-12-13(15)5-6-14(12)18-16(19)9-11-10-21-8-7-17-11/h2-4,11,14,17H,5-10H2,1H3,(H,18,19). The number of nitrogens with one attached hydrogen (secondary N) is 2. The first-order chi connectivity index (χ1) is 10.3. The number of carbonyl (C=O) groups excluding carboxylic acids is 1. The molecule has 1 amide bonds. The molecule has 2 aliphatic rings. The Morgan fingerprint density at radius 2 is 2.43 bits per heavy atom. The van der Waals surface area contributed by atoms with Crippen LogP contribution < -0.4 is 15.4 Å². The van der Waals surface area contributed by atoms with Crippen LogP contribution in [0.1, 0.15) is 30.0 Å². The molecule has 0 bridgehead atoms. The van der Waals surface area contributed by atoms with Gasteiger partial charge in [-0.2, -0.15) is 11.8 Å². The molecule has 1 aromatic rings. The van der Waals surface area contributed by atoms with Gasteiger partial charge in [-0.05, 0) is 30.0 Å². The predicted octanol–water partition coefficient (Wildman–Crippen LogP) is 1.89. The van der Waals surface area contributed by atoms with Crippen molar-refractivity contribution in [3.63, 3.8) is 0 Å². The summed E-state index contributed by atoms with van der Waals surface area (Å²) in [5.41, 5.74) is 2.46. The first kappa shape index (κ1) is 14.7. The van der Waals surface area contributed by atoms with Gasteiger partial charge < -0.3 is 15.4 Å². The average molecular weight is 306 g/mol. The number of amides is 1. The second-order valence-electron chi connectivity index (χ2n) is 5.62. The van der Waals surface area contributed by atoms with Crippen LogP contribution in [0, 0.1) is 0 Å². The lowest BCUT2D eigenvalue weighted by Gasteiger charge is -2.23. The lowest BCUT2D eigenvalue weighted by Crippen LogP contribution is -2.41. The van der Waals surface area contributed by atoms with E-state index in [0.29, 0.717) is 12.5 Å². The molecule has 2 atom stereocenters. The van der Waals surface area contributed by atoms with Crippen molar-refractivity contribution in [1.82, 2.24) is 10.6 Å². The topological polar surface area (TPSA) is 50.4 Å². The van der Waals surface area contributed by atoms with Crippen LogP contribution in [0.25, 0.3) is 0 Å². The minimum absolute atomic E-state index is 0.138. The first-order valence-corrected chi connectivity index (χ1v) is 8.69. The molecule has 21 heavy (non-hydrogen) atoms. The summed E-state index contributed by atoms with van der Waals surface area (Å²) in [6, 6.07) is 6.55. The number of thioether (sulfide) groups is 1. The maximum atomic E-state index is 12.2. The number of benzene rings is 1. The summed E-state index contributed by atoms with van der Waals surface area (Å²) >= 11 is 1.92. The molecule has 1 heterocycles. The van der Waals surface area contributed by atoms with E-state index in [9.17, 15) is 4.79 Å². The molecule has 0 aromatic heterocycles. The van der Waals surface area contributed by atoms with Crippen LogP contribution in [0.5, 0.6) is 5.75 Å². The highest BCUT2D eigenvalue weighted by Gasteiger charge is 2.27. The number of rotatable bonds is 4. The molecule has 4 nitrogen and oxygen atoms in total. The van der Waals surface area contributed by atoms with Crippen LogP contribution in [0.4, 0.5) is 0 Å². The summed E-state index contributed by atoms with van der Waals surface area (Å²) in [5.74, 6) is 3.27. The van der Waals surface area contributed by atoms with Crippen molar-refractivity contribution in [1.29, 1.82) is 0 Å². The molecular formula is C16H22N2O2S. The number of ether oxygens (including phenoxy) is 1. The van der Waals surface area contributed by atoms with Crippen LogP contribution in [0.2, 0.25) is 0 Å². The summed E-state index contributed by atoms with van der Waals surface area (Å²) in [6.07, 6.45) is 2.51. The number of carbonyl (C=O) groups is 1. The Morgan fingerprint density at radius 1 is 1.52 bits per heavy atom. The molecule has 1 aliphatic heterocycles. The molecule has 1 aromatic carbocycles. The van der Waals surface area contributed by atoms with E-state index in [1.54, 1.807) is 7.11 Å². The van der Waals surface area contributed by atoms with Crippen molar-refractivity contribution in [2.75, 3.05) is 25.2 Å². The van der Waals surface area contributed by atoms with Gasteiger partial charge in [0.05, 0.1) is 13.2 Å². The third-order valence-corrected chi connectivity index (χ3v) is 5.34. The van der Waals surface area contributed by atoms with Gasteiger partial charge >= 0.3 is 0 Å². The molecule has 3 rings (SSSR count). The minimum Gasteiger partial charge on any atom is -0.496 e. The van der Waals surface area contributed by atoms with Crippen molar-refractivity contribution >= 4 is 17.7 Å². The van der Waals surface area contributed by atoms with E-state index in [-0.39, 0.29) is 11.9 Å². The quantitative estimate of drug-likeness (QED) is 0.892. The summed E-state index contributed by atoms with van der Waals surface area (Å²) in [6.45, 7) is 1.01. The van der Waals surface area contributed by atoms with Crippen molar-refractivity contribution < 1.29 is 9.53 Å². The normalized spacial score (nSPS) is 24.4. The molecule has 5 heteroatoms. The third-order valence-electron chi connectivity index (χ3n) is 4.21. The highest BCUT2D eigenvalue weighted by Crippen LogP contribution is 2.36. The SMILES string of the molecule is COc1cccc2c1CCC2NC(=O)CC1CSCCN1. The lowest BCUT2D eigenvalue weighted by molar-refractivity contribution is -0.122. The predicted molar refractivity (Wildman–Crippen MR) is 85.9 cm³/mol. The number of hydrogen-bond acceptors (Lipinski definition) is 4. The number of methoxy groups -OCH3 is 1. The molecule has 1 aliphatic carbocycles. The molecule has 1 fully saturated rings. The van der Waals surface area contributed by atoms with Crippen molar-refractivity contribution in [2.45, 2.75) is 31.3 Å². The van der Waals surface area contributed by atoms with Crippen LogP contribution in [-0.4, -0.2) is 37.1 Å². The Balaban J connectivity index is 1.61. The lowest BCUT2D eigenvalue weighted by atomic mass is 10.1. The Bertz CT molecular complexity index is 515. The van der Waals surface area contributed by atoms with E-state index < -0.39 is 0 Å². The second-order valence-corrected chi connectivity index (χ2v) is 6.77. The van der Waals surface area contributed by atoms with Gasteiger partial charge in [-0.1, -0.05) is 12.1 Å². The largest absolute Gasteiger partial charge is 0.496 e. The maximum absolute atomic E-state index is 12.2. The molecule has 0 radical (unpaired) electrons. The maximum Gasteiger partial charge on any atom is 0.222 e. The van der Waals surface area contributed by atoms with Crippen LogP contribution in [-0.2, 0) is 11.2 Å². The average Bonchev–Trinajstić information content (AvgIpc) is 2.91. The zero-order valence-electron chi connectivity index (χ0n) is 12.4. The Labute approximate surface area is 130 Å². The molecule has 0 saturated carbocycles. The highest BCUT2D eigenvalue weighted by molar-refractivity contribution is 7.99. The van der Waals surface area contributed by atoms with E-state index in [1.807, 2.05) is 23.9 Å². The van der Waals surface area contributed by atoms with Crippen LogP contribution in [0.15, 0.2) is 18.2 Å². The van der Waals surface area contributed by atoms with E-state index in [2.05, 4.69) is 16.7 Å². The second kappa shape index (κ2) is 6.71. The number of hydrogen-bond donors (Lipinski definition) is 2. The van der Waals surface area contributed by atoms with Crippen molar-refractivity contribution in [2.24, 2.45) is 0 Å². The van der Waals surface area contributed by atoms with Crippen molar-refractivity contribution in [3.05, 3.63) is 29.3 Å². The molecule has 0 spiro atoms. The van der Waals surface area contributed by atoms with E-state index in [4.69, 9.17) is 4.74 Å². The molecule has 2 unspecified atom stereocenters. The van der Waals surface area contributed by atoms with Gasteiger partial charge in [-0.25, -0.2) is 0 Å². The number of fused-ring (bicyclic) bond motifs is 1. The Kier molecular flexibility index (Phi) is 4.70. The fourth-order valence-electron chi connectivity index (χ4n) is 3.19. The highest BCUT2D eigenvalue weighted by atomic mass is 32.2. The molecule has 1 saturated heterocycles. The summed E-state index contributed by atoms with van der Waals surface area (Å²) in [7, 11) is 1.70. The summed E-state index contributed by atoms with van der Waals surface area (Å²) in [5, 5.41) is 6.60. The van der Waals surface area contributed by atoms with Gasteiger partial charge in [0.2, 0.25) is 5.91 Å². The van der Waals surface area contributed by atoms with E-state index >= 15 is 0 Å². The van der Waals surface area contributed by atoms with Crippen molar-refractivity contribution in [3.8, 4) is 5.75 Å². The fourth-order valence-corrected chi connectivity index (χ4v) is 4.14. The van der Waals surface area contributed by atoms with Gasteiger partial charge in [0.25, 0.3) is 0 Å². The molecular weight excluding hydrogens is 284 g/mol. The fraction of sp³-hybridized carbons (Fsp3) is 0.562. The first-order valence-electron chi connectivity index (χ1n) is 7.54. The van der Waals surface area contributed by atoms with E-state index in [1.165, 1.54) is 11.1 Å². The zero-order chi connectivity index (χ0) is 14.7.